The van der Waals surface area contributed by atoms with Crippen LogP contribution in [0.3, 0.4) is 0 Å². The van der Waals surface area contributed by atoms with Gasteiger partial charge in [0.2, 0.25) is 15.9 Å². The molecule has 0 aliphatic carbocycles. The molecule has 2 aliphatic rings. The van der Waals surface area contributed by atoms with E-state index in [0.29, 0.717) is 23.2 Å². The molecular weight excluding hydrogens is 440 g/mol. The molecule has 1 amide bonds. The van der Waals surface area contributed by atoms with Gasteiger partial charge in [-0.2, -0.15) is 4.31 Å². The van der Waals surface area contributed by atoms with E-state index >= 15 is 0 Å². The molecule has 0 radical (unpaired) electrons. The summed E-state index contributed by atoms with van der Waals surface area (Å²) in [4.78, 5) is 13.8. The van der Waals surface area contributed by atoms with Crippen LogP contribution in [0.5, 0.6) is 0 Å². The second-order valence-electron chi connectivity index (χ2n) is 7.52. The van der Waals surface area contributed by atoms with Crippen molar-refractivity contribution >= 4 is 37.5 Å². The van der Waals surface area contributed by atoms with Crippen LogP contribution in [-0.2, 0) is 21.2 Å². The number of nitrogens with zero attached hydrogens (tertiary/aromatic N) is 2. The van der Waals surface area contributed by atoms with Crippen molar-refractivity contribution in [1.29, 1.82) is 0 Å². The van der Waals surface area contributed by atoms with Gasteiger partial charge in [0.15, 0.2) is 0 Å². The van der Waals surface area contributed by atoms with Crippen molar-refractivity contribution in [2.45, 2.75) is 44.0 Å². The zero-order valence-corrected chi connectivity index (χ0v) is 18.4. The van der Waals surface area contributed by atoms with Gasteiger partial charge in [-0.1, -0.05) is 29.8 Å². The molecule has 0 aromatic heterocycles. The molecule has 1 saturated heterocycles. The highest BCUT2D eigenvalue weighted by atomic mass is 79.9. The first-order valence-electron chi connectivity index (χ1n) is 9.48. The highest BCUT2D eigenvalue weighted by Crippen LogP contribution is 2.41. The molecule has 2 heterocycles. The first-order chi connectivity index (χ1) is 13.3. The van der Waals surface area contributed by atoms with Crippen molar-refractivity contribution < 1.29 is 13.2 Å². The van der Waals surface area contributed by atoms with Crippen molar-refractivity contribution in [3.05, 3.63) is 57.6 Å². The number of hydrogen-bond acceptors (Lipinski definition) is 3. The summed E-state index contributed by atoms with van der Waals surface area (Å²) >= 11 is 3.47. The summed E-state index contributed by atoms with van der Waals surface area (Å²) in [6.45, 7) is 4.63. The topological polar surface area (TPSA) is 57.7 Å². The van der Waals surface area contributed by atoms with E-state index in [1.807, 2.05) is 31.2 Å². The third-order valence-corrected chi connectivity index (χ3v) is 8.49. The number of benzene rings is 2. The van der Waals surface area contributed by atoms with Crippen LogP contribution in [0, 0.1) is 6.92 Å². The van der Waals surface area contributed by atoms with Crippen molar-refractivity contribution in [3.63, 3.8) is 0 Å². The van der Waals surface area contributed by atoms with Crippen LogP contribution in [0.15, 0.2) is 45.8 Å². The summed E-state index contributed by atoms with van der Waals surface area (Å²) in [6, 6.07) is 11.4. The minimum absolute atomic E-state index is 0.0665. The molecule has 2 aromatic carbocycles. The van der Waals surface area contributed by atoms with E-state index in [4.69, 9.17) is 0 Å². The Balaban J connectivity index is 1.76. The van der Waals surface area contributed by atoms with Crippen LogP contribution < -0.4 is 4.90 Å². The highest BCUT2D eigenvalue weighted by molar-refractivity contribution is 9.10. The van der Waals surface area contributed by atoms with Gasteiger partial charge in [-0.3, -0.25) is 4.79 Å². The summed E-state index contributed by atoms with van der Waals surface area (Å²) in [7, 11) is -3.70. The zero-order valence-electron chi connectivity index (χ0n) is 16.0. The fraction of sp³-hybridized carbons (Fsp3) is 0.381. The van der Waals surface area contributed by atoms with Gasteiger partial charge in [0.05, 0.1) is 10.9 Å². The molecular formula is C21H23BrN2O3S. The Labute approximate surface area is 174 Å². The first kappa shape index (κ1) is 19.6. The molecule has 0 spiro atoms. The van der Waals surface area contributed by atoms with Crippen molar-refractivity contribution in [1.82, 2.24) is 4.31 Å². The van der Waals surface area contributed by atoms with Crippen LogP contribution >= 0.6 is 15.9 Å². The molecule has 4 rings (SSSR count). The monoisotopic (exact) mass is 462 g/mol. The van der Waals surface area contributed by atoms with E-state index in [2.05, 4.69) is 22.0 Å². The fourth-order valence-corrected chi connectivity index (χ4v) is 7.03. The van der Waals surface area contributed by atoms with Crippen LogP contribution in [0.2, 0.25) is 0 Å². The molecule has 0 unspecified atom stereocenters. The van der Waals surface area contributed by atoms with Gasteiger partial charge in [-0.15, -0.1) is 0 Å². The lowest BCUT2D eigenvalue weighted by Crippen LogP contribution is -2.31. The van der Waals surface area contributed by atoms with Gasteiger partial charge >= 0.3 is 0 Å². The number of halogens is 1. The second kappa shape index (κ2) is 7.28. The van der Waals surface area contributed by atoms with Crippen molar-refractivity contribution in [2.75, 3.05) is 18.0 Å². The molecule has 148 valence electrons. The molecule has 1 fully saturated rings. The van der Waals surface area contributed by atoms with Gasteiger partial charge in [-0.05, 0) is 65.4 Å². The number of carbonyl (C=O) groups excluding carboxylic acids is 1. The van der Waals surface area contributed by atoms with Crippen molar-refractivity contribution in [2.24, 2.45) is 0 Å². The van der Waals surface area contributed by atoms with Gasteiger partial charge in [-0.25, -0.2) is 8.42 Å². The zero-order chi connectivity index (χ0) is 20.1. The number of sulfonamides is 1. The second-order valence-corrected chi connectivity index (χ2v) is 10.2. The Bertz CT molecular complexity index is 1050. The standard InChI is InChI=1S/C21H23BrN2O3S/c1-14-5-3-6-16(11-14)19-7-4-9-24(19)28(26,27)21-13-20-17(12-18(21)22)8-10-23(20)15(2)25/h3,5-6,11-13,19H,4,7-10H2,1-2H3/t19-/m1/s1. The Hall–Kier alpha value is -1.70. The lowest BCUT2D eigenvalue weighted by molar-refractivity contribution is -0.116. The normalized spacial score (nSPS) is 19.8. The van der Waals surface area contributed by atoms with E-state index in [1.165, 1.54) is 6.92 Å². The summed E-state index contributed by atoms with van der Waals surface area (Å²) in [5.74, 6) is -0.0665. The molecule has 5 nitrogen and oxygen atoms in total. The predicted octanol–water partition coefficient (Wildman–Crippen LogP) is 4.19. The molecule has 2 aromatic rings. The summed E-state index contributed by atoms with van der Waals surface area (Å²) in [5.41, 5.74) is 3.86. The smallest absolute Gasteiger partial charge is 0.244 e. The summed E-state index contributed by atoms with van der Waals surface area (Å²) in [5, 5.41) is 0. The quantitative estimate of drug-likeness (QED) is 0.686. The average molecular weight is 463 g/mol. The number of amides is 1. The molecule has 2 aliphatic heterocycles. The number of carbonyl (C=O) groups is 1. The van der Waals surface area contributed by atoms with Gasteiger partial charge in [0, 0.05) is 30.2 Å². The molecule has 1 atom stereocenters. The Morgan fingerprint density at radius 3 is 2.68 bits per heavy atom. The fourth-order valence-electron chi connectivity index (χ4n) is 4.28. The predicted molar refractivity (Wildman–Crippen MR) is 113 cm³/mol. The first-order valence-corrected chi connectivity index (χ1v) is 11.7. The SMILES string of the molecule is CC(=O)N1CCc2cc(Br)c(S(=O)(=O)N3CCC[C@@H]3c3cccc(C)c3)cc21. The lowest BCUT2D eigenvalue weighted by atomic mass is 10.0. The molecule has 0 bridgehead atoms. The summed E-state index contributed by atoms with van der Waals surface area (Å²) in [6.07, 6.45) is 2.38. The number of rotatable bonds is 3. The Morgan fingerprint density at radius 2 is 1.96 bits per heavy atom. The maximum atomic E-state index is 13.6. The third kappa shape index (κ3) is 3.29. The largest absolute Gasteiger partial charge is 0.312 e. The van der Waals surface area contributed by atoms with E-state index in [1.54, 1.807) is 15.3 Å². The number of aryl methyl sites for hydroxylation is 1. The summed E-state index contributed by atoms with van der Waals surface area (Å²) < 4.78 is 29.4. The third-order valence-electron chi connectivity index (χ3n) is 5.63. The van der Waals surface area contributed by atoms with Crippen LogP contribution in [-0.4, -0.2) is 31.7 Å². The van der Waals surface area contributed by atoms with E-state index in [-0.39, 0.29) is 16.8 Å². The van der Waals surface area contributed by atoms with Crippen LogP contribution in [0.1, 0.15) is 42.5 Å². The number of fused-ring (bicyclic) bond motifs is 1. The molecule has 28 heavy (non-hydrogen) atoms. The highest BCUT2D eigenvalue weighted by Gasteiger charge is 2.38. The molecule has 0 N–H and O–H groups in total. The Kier molecular flexibility index (Phi) is 5.10. The van der Waals surface area contributed by atoms with Gasteiger partial charge in [0.1, 0.15) is 0 Å². The Morgan fingerprint density at radius 1 is 1.18 bits per heavy atom. The maximum absolute atomic E-state index is 13.6. The van der Waals surface area contributed by atoms with Crippen molar-refractivity contribution in [3.8, 4) is 0 Å². The van der Waals surface area contributed by atoms with Gasteiger partial charge < -0.3 is 4.90 Å². The number of anilines is 1. The van der Waals surface area contributed by atoms with Gasteiger partial charge in [0.25, 0.3) is 0 Å². The van der Waals surface area contributed by atoms with E-state index < -0.39 is 10.0 Å². The average Bonchev–Trinajstić information content (AvgIpc) is 3.28. The van der Waals surface area contributed by atoms with E-state index in [0.717, 1.165) is 36.0 Å². The minimum Gasteiger partial charge on any atom is -0.312 e. The number of hydrogen-bond donors (Lipinski definition) is 0. The maximum Gasteiger partial charge on any atom is 0.244 e. The van der Waals surface area contributed by atoms with Crippen LogP contribution in [0.25, 0.3) is 0 Å². The van der Waals surface area contributed by atoms with E-state index in [9.17, 15) is 13.2 Å². The van der Waals surface area contributed by atoms with Crippen LogP contribution in [0.4, 0.5) is 5.69 Å². The molecule has 7 heteroatoms. The lowest BCUT2D eigenvalue weighted by Gasteiger charge is -2.26. The molecule has 0 saturated carbocycles. The minimum atomic E-state index is -3.70.